The van der Waals surface area contributed by atoms with E-state index in [-0.39, 0.29) is 12.5 Å². The van der Waals surface area contributed by atoms with Crippen LogP contribution in [0.4, 0.5) is 0 Å². The smallest absolute Gasteiger partial charge is 0.180 e. The van der Waals surface area contributed by atoms with Crippen LogP contribution in [0.25, 0.3) is 16.7 Å². The number of aromatic nitrogens is 4. The summed E-state index contributed by atoms with van der Waals surface area (Å²) in [6, 6.07) is 3.73. The summed E-state index contributed by atoms with van der Waals surface area (Å²) in [4.78, 5) is 0. The molecule has 3 heterocycles. The Kier molecular flexibility index (Phi) is 3.98. The topological polar surface area (TPSA) is 79.9 Å². The molecule has 0 amide bonds. The highest BCUT2D eigenvalue weighted by molar-refractivity contribution is 6.45. The molecule has 126 valence electrons. The monoisotopic (exact) mass is 366 g/mol. The van der Waals surface area contributed by atoms with E-state index in [0.29, 0.717) is 15.9 Å². The molecule has 0 bridgehead atoms. The Hall–Kier alpha value is -1.64. The molecule has 4 rings (SSSR count). The van der Waals surface area contributed by atoms with Gasteiger partial charge in [0.25, 0.3) is 0 Å². The zero-order chi connectivity index (χ0) is 16.8. The van der Waals surface area contributed by atoms with Gasteiger partial charge in [0.05, 0.1) is 34.1 Å². The lowest BCUT2D eigenvalue weighted by molar-refractivity contribution is 0.273. The third-order valence-corrected chi connectivity index (χ3v) is 5.16. The molecule has 7 nitrogen and oxygen atoms in total. The van der Waals surface area contributed by atoms with Gasteiger partial charge in [0.15, 0.2) is 5.82 Å². The number of rotatable bonds is 3. The summed E-state index contributed by atoms with van der Waals surface area (Å²) in [6.07, 6.45) is 1.78. The molecule has 0 radical (unpaired) electrons. The van der Waals surface area contributed by atoms with E-state index < -0.39 is 0 Å². The van der Waals surface area contributed by atoms with Crippen LogP contribution in [0.15, 0.2) is 18.3 Å². The second kappa shape index (κ2) is 6.02. The third kappa shape index (κ3) is 2.32. The fraction of sp³-hybridized carbons (Fsp3) is 0.333. The quantitative estimate of drug-likeness (QED) is 0.657. The Labute approximate surface area is 148 Å². The summed E-state index contributed by atoms with van der Waals surface area (Å²) in [5, 5.41) is 20.2. The van der Waals surface area contributed by atoms with E-state index in [4.69, 9.17) is 23.2 Å². The Morgan fingerprint density at radius 2 is 2.04 bits per heavy atom. The zero-order valence-electron chi connectivity index (χ0n) is 12.9. The number of aryl methyl sites for hydroxylation is 1. The van der Waals surface area contributed by atoms with Crippen molar-refractivity contribution in [2.45, 2.75) is 12.5 Å². The number of nitrogens with zero attached hydrogens (tertiary/aromatic N) is 4. The minimum atomic E-state index is -0.134. The van der Waals surface area contributed by atoms with Gasteiger partial charge in [0.2, 0.25) is 0 Å². The molecule has 1 fully saturated rings. The van der Waals surface area contributed by atoms with Crippen molar-refractivity contribution in [1.82, 2.24) is 30.4 Å². The van der Waals surface area contributed by atoms with Crippen molar-refractivity contribution in [2.24, 2.45) is 7.05 Å². The molecule has 1 aliphatic rings. The molecule has 1 aromatic carbocycles. The highest BCUT2D eigenvalue weighted by Crippen LogP contribution is 2.40. The molecular formula is C15H16Cl2N6O. The van der Waals surface area contributed by atoms with Gasteiger partial charge in [-0.15, -0.1) is 5.10 Å². The summed E-state index contributed by atoms with van der Waals surface area (Å²) in [5.74, 6) is 0.811. The molecule has 3 N–H and O–H groups in total. The minimum absolute atomic E-state index is 0.134. The van der Waals surface area contributed by atoms with Crippen molar-refractivity contribution in [3.63, 3.8) is 0 Å². The molecule has 0 saturated carbocycles. The van der Waals surface area contributed by atoms with E-state index in [9.17, 15) is 5.11 Å². The highest BCUT2D eigenvalue weighted by atomic mass is 35.5. The molecule has 0 spiro atoms. The Balaban J connectivity index is 2.10. The van der Waals surface area contributed by atoms with Gasteiger partial charge < -0.3 is 5.11 Å². The maximum absolute atomic E-state index is 10.1. The van der Waals surface area contributed by atoms with Crippen LogP contribution < -0.4 is 10.9 Å². The molecule has 1 saturated heterocycles. The molecular weight excluding hydrogens is 351 g/mol. The fourth-order valence-corrected chi connectivity index (χ4v) is 3.76. The summed E-state index contributed by atoms with van der Waals surface area (Å²) in [5.41, 5.74) is 8.82. The van der Waals surface area contributed by atoms with Crippen molar-refractivity contribution >= 4 is 34.1 Å². The molecule has 1 aliphatic heterocycles. The second-order valence-corrected chi connectivity index (χ2v) is 6.61. The summed E-state index contributed by atoms with van der Waals surface area (Å²) in [7, 11) is 1.79. The fourth-order valence-electron chi connectivity index (χ4n) is 3.36. The van der Waals surface area contributed by atoms with Gasteiger partial charge in [-0.1, -0.05) is 34.5 Å². The van der Waals surface area contributed by atoms with E-state index in [1.807, 2.05) is 10.6 Å². The number of halogens is 2. The van der Waals surface area contributed by atoms with Gasteiger partial charge in [0.1, 0.15) is 0 Å². The first-order chi connectivity index (χ1) is 11.6. The Morgan fingerprint density at radius 1 is 1.29 bits per heavy atom. The molecule has 0 atom stereocenters. The zero-order valence-corrected chi connectivity index (χ0v) is 14.4. The van der Waals surface area contributed by atoms with Crippen LogP contribution in [-0.2, 0) is 13.7 Å². The predicted octanol–water partition coefficient (Wildman–Crippen LogP) is 1.75. The molecule has 3 aromatic rings. The first-order valence-corrected chi connectivity index (χ1v) is 8.32. The van der Waals surface area contributed by atoms with Crippen LogP contribution in [0.5, 0.6) is 0 Å². The number of aliphatic hydroxyl groups excluding tert-OH is 1. The van der Waals surface area contributed by atoms with Crippen molar-refractivity contribution in [1.29, 1.82) is 0 Å². The normalized spacial score (nSPS) is 15.7. The summed E-state index contributed by atoms with van der Waals surface area (Å²) >= 11 is 12.8. The van der Waals surface area contributed by atoms with Gasteiger partial charge in [-0.3, -0.25) is 20.1 Å². The van der Waals surface area contributed by atoms with Crippen LogP contribution in [0.2, 0.25) is 10.0 Å². The van der Waals surface area contributed by atoms with Gasteiger partial charge in [-0.2, -0.15) is 0 Å². The van der Waals surface area contributed by atoms with Crippen LogP contribution in [0.3, 0.4) is 0 Å². The number of hydrazine groups is 1. The molecule has 0 unspecified atom stereocenters. The largest absolute Gasteiger partial charge is 0.390 e. The van der Waals surface area contributed by atoms with Gasteiger partial charge >= 0.3 is 0 Å². The Bertz CT molecular complexity index is 912. The van der Waals surface area contributed by atoms with Crippen LogP contribution >= 0.6 is 23.2 Å². The average molecular weight is 367 g/mol. The lowest BCUT2D eigenvalue weighted by Crippen LogP contribution is -2.21. The van der Waals surface area contributed by atoms with Crippen molar-refractivity contribution in [3.05, 3.63) is 39.6 Å². The maximum Gasteiger partial charge on any atom is 0.180 e. The standard InChI is InChI=1S/C15H16Cl2N6O/c1-22-6-12(20-21-22)23-11(7-24)13(8-4-18-19-5-8)9-2-3-10(16)14(17)15(9)23/h2-3,6,8,18-19,24H,4-5,7H2,1H3. The van der Waals surface area contributed by atoms with Crippen LogP contribution in [0.1, 0.15) is 17.2 Å². The Morgan fingerprint density at radius 3 is 2.67 bits per heavy atom. The lowest BCUT2D eigenvalue weighted by atomic mass is 9.97. The number of hydrogen-bond acceptors (Lipinski definition) is 5. The predicted molar refractivity (Wildman–Crippen MR) is 92.5 cm³/mol. The molecule has 9 heteroatoms. The number of hydrogen-bond donors (Lipinski definition) is 3. The van der Waals surface area contributed by atoms with Crippen molar-refractivity contribution < 1.29 is 5.11 Å². The van der Waals surface area contributed by atoms with E-state index in [1.54, 1.807) is 24.0 Å². The third-order valence-electron chi connectivity index (χ3n) is 4.36. The van der Waals surface area contributed by atoms with Gasteiger partial charge in [-0.25, -0.2) is 0 Å². The van der Waals surface area contributed by atoms with E-state index in [1.165, 1.54) is 0 Å². The van der Waals surface area contributed by atoms with Crippen molar-refractivity contribution in [2.75, 3.05) is 13.1 Å². The van der Waals surface area contributed by atoms with E-state index in [2.05, 4.69) is 21.2 Å². The maximum atomic E-state index is 10.1. The van der Waals surface area contributed by atoms with Crippen LogP contribution in [-0.4, -0.2) is 37.8 Å². The van der Waals surface area contributed by atoms with E-state index >= 15 is 0 Å². The summed E-state index contributed by atoms with van der Waals surface area (Å²) < 4.78 is 3.46. The van der Waals surface area contributed by atoms with E-state index in [0.717, 1.165) is 35.2 Å². The first kappa shape index (κ1) is 15.9. The number of aliphatic hydroxyl groups is 1. The second-order valence-electron chi connectivity index (χ2n) is 5.82. The lowest BCUT2D eigenvalue weighted by Gasteiger charge is -2.11. The molecule has 2 aromatic heterocycles. The van der Waals surface area contributed by atoms with Crippen molar-refractivity contribution in [3.8, 4) is 5.82 Å². The number of benzene rings is 1. The number of fused-ring (bicyclic) bond motifs is 1. The van der Waals surface area contributed by atoms with Gasteiger partial charge in [-0.05, 0) is 11.6 Å². The molecule has 24 heavy (non-hydrogen) atoms. The SMILES string of the molecule is Cn1cc(-n2c(CO)c(C3CNNC3)c3ccc(Cl)c(Cl)c32)nn1. The van der Waals surface area contributed by atoms with Crippen LogP contribution in [0, 0.1) is 0 Å². The highest BCUT2D eigenvalue weighted by Gasteiger charge is 2.28. The average Bonchev–Trinajstić information content (AvgIpc) is 3.28. The van der Waals surface area contributed by atoms with Gasteiger partial charge in [0, 0.05) is 31.4 Å². The number of nitrogens with one attached hydrogen (secondary N) is 2. The molecule has 0 aliphatic carbocycles. The summed E-state index contributed by atoms with van der Waals surface area (Å²) in [6.45, 7) is 1.41. The minimum Gasteiger partial charge on any atom is -0.390 e. The first-order valence-electron chi connectivity index (χ1n) is 7.56.